The zero-order chi connectivity index (χ0) is 21.1. The quantitative estimate of drug-likeness (QED) is 0.684. The average molecular weight is 409 g/mol. The topological polar surface area (TPSA) is 40.6 Å². The highest BCUT2D eigenvalue weighted by Crippen LogP contribution is 2.34. The van der Waals surface area contributed by atoms with Crippen LogP contribution in [0.15, 0.2) is 48.5 Å². The van der Waals surface area contributed by atoms with Gasteiger partial charge in [-0.25, -0.2) is 4.39 Å². The van der Waals surface area contributed by atoms with Gasteiger partial charge in [-0.15, -0.1) is 0 Å². The maximum absolute atomic E-state index is 14.8. The summed E-state index contributed by atoms with van der Waals surface area (Å²) in [5.41, 5.74) is 2.34. The van der Waals surface area contributed by atoms with Crippen LogP contribution in [0, 0.1) is 12.7 Å². The van der Waals surface area contributed by atoms with Crippen LogP contribution < -0.4 is 0 Å². The van der Waals surface area contributed by atoms with Gasteiger partial charge >= 0.3 is 0 Å². The highest BCUT2D eigenvalue weighted by atomic mass is 19.1. The lowest BCUT2D eigenvalue weighted by Crippen LogP contribution is -2.58. The Morgan fingerprint density at radius 1 is 0.933 bits per heavy atom. The van der Waals surface area contributed by atoms with E-state index in [-0.39, 0.29) is 30.0 Å². The van der Waals surface area contributed by atoms with Crippen molar-refractivity contribution in [3.63, 3.8) is 0 Å². The van der Waals surface area contributed by atoms with E-state index in [2.05, 4.69) is 0 Å². The maximum atomic E-state index is 14.8. The molecule has 30 heavy (non-hydrogen) atoms. The number of rotatable bonds is 4. The normalized spacial score (nSPS) is 21.1. The fraction of sp³-hybridized carbons (Fsp3) is 0.440. The Bertz CT molecular complexity index is 904. The molecule has 158 valence electrons. The van der Waals surface area contributed by atoms with E-state index in [1.807, 2.05) is 31.2 Å². The third-order valence-corrected chi connectivity index (χ3v) is 6.39. The van der Waals surface area contributed by atoms with Crippen LogP contribution in [0.2, 0.25) is 0 Å². The van der Waals surface area contributed by atoms with Gasteiger partial charge in [-0.05, 0) is 31.4 Å². The third kappa shape index (κ3) is 4.25. The van der Waals surface area contributed by atoms with Gasteiger partial charge in [-0.2, -0.15) is 0 Å². The molecule has 2 aromatic rings. The van der Waals surface area contributed by atoms with Gasteiger partial charge in [0.2, 0.25) is 5.91 Å². The molecule has 1 atom stereocenters. The summed E-state index contributed by atoms with van der Waals surface area (Å²) >= 11 is 0. The molecule has 2 aromatic carbocycles. The van der Waals surface area contributed by atoms with E-state index in [0.29, 0.717) is 6.54 Å². The number of nitrogens with zero attached hydrogens (tertiary/aromatic N) is 2. The summed E-state index contributed by atoms with van der Waals surface area (Å²) < 4.78 is 14.8. The van der Waals surface area contributed by atoms with Crippen molar-refractivity contribution in [1.82, 2.24) is 9.80 Å². The number of benzene rings is 2. The molecule has 0 aromatic heterocycles. The number of piperazine rings is 1. The fourth-order valence-electron chi connectivity index (χ4n) is 4.69. The summed E-state index contributed by atoms with van der Waals surface area (Å²) in [6, 6.07) is 13.4. The van der Waals surface area contributed by atoms with Crippen LogP contribution in [-0.2, 0) is 16.1 Å². The molecule has 0 unspecified atom stereocenters. The lowest BCUT2D eigenvalue weighted by Gasteiger charge is -2.43. The summed E-state index contributed by atoms with van der Waals surface area (Å²) in [6.07, 6.45) is 6.31. The Morgan fingerprint density at radius 3 is 2.27 bits per heavy atom. The van der Waals surface area contributed by atoms with Crippen LogP contribution in [0.5, 0.6) is 0 Å². The standard InChI is InChI=1S/C25H29FN2O2/c1-18-12-14-19(15-13-18)16-28-23(29)17-27(20-8-4-2-3-5-9-20)25(30)24(28)21-10-6-7-11-22(21)26/h6-7,10-15,20,24H,2-5,8-9,16-17H2,1H3/t24-/m1/s1. The second-order valence-electron chi connectivity index (χ2n) is 8.54. The molecule has 4 rings (SSSR count). The summed E-state index contributed by atoms with van der Waals surface area (Å²) in [5, 5.41) is 0. The average Bonchev–Trinajstić information content (AvgIpc) is 3.02. The monoisotopic (exact) mass is 408 g/mol. The lowest BCUT2D eigenvalue weighted by molar-refractivity contribution is -0.159. The van der Waals surface area contributed by atoms with Crippen LogP contribution in [0.25, 0.3) is 0 Å². The number of amides is 2. The SMILES string of the molecule is Cc1ccc(CN2C(=O)CN(C3CCCCCC3)C(=O)[C@H]2c2ccccc2F)cc1. The van der Waals surface area contributed by atoms with Crippen molar-refractivity contribution < 1.29 is 14.0 Å². The Morgan fingerprint density at radius 2 is 1.60 bits per heavy atom. The van der Waals surface area contributed by atoms with Gasteiger partial charge in [-0.3, -0.25) is 9.59 Å². The summed E-state index contributed by atoms with van der Waals surface area (Å²) in [7, 11) is 0. The van der Waals surface area contributed by atoms with Gasteiger partial charge in [0.05, 0.1) is 0 Å². The van der Waals surface area contributed by atoms with Crippen LogP contribution >= 0.6 is 0 Å². The molecule has 1 saturated carbocycles. The Hall–Kier alpha value is -2.69. The van der Waals surface area contributed by atoms with Gasteiger partial charge in [0, 0.05) is 18.2 Å². The largest absolute Gasteiger partial charge is 0.328 e. The molecule has 0 radical (unpaired) electrons. The molecule has 4 nitrogen and oxygen atoms in total. The molecule has 1 aliphatic heterocycles. The minimum atomic E-state index is -0.919. The van der Waals surface area contributed by atoms with E-state index in [0.717, 1.165) is 36.8 Å². The molecule has 0 bridgehead atoms. The number of halogens is 1. The molecule has 1 heterocycles. The van der Waals surface area contributed by atoms with Gasteiger partial charge in [-0.1, -0.05) is 73.7 Å². The van der Waals surface area contributed by atoms with E-state index in [1.165, 1.54) is 18.9 Å². The van der Waals surface area contributed by atoms with E-state index in [9.17, 15) is 14.0 Å². The van der Waals surface area contributed by atoms with Gasteiger partial charge in [0.15, 0.2) is 0 Å². The van der Waals surface area contributed by atoms with Crippen molar-refractivity contribution in [2.24, 2.45) is 0 Å². The van der Waals surface area contributed by atoms with Gasteiger partial charge in [0.25, 0.3) is 5.91 Å². The predicted octanol–water partition coefficient (Wildman–Crippen LogP) is 4.77. The Balaban J connectivity index is 1.68. The van der Waals surface area contributed by atoms with Crippen molar-refractivity contribution in [3.05, 3.63) is 71.0 Å². The van der Waals surface area contributed by atoms with Crippen molar-refractivity contribution in [3.8, 4) is 0 Å². The first-order valence-corrected chi connectivity index (χ1v) is 10.9. The Kier molecular flexibility index (Phi) is 6.16. The first-order valence-electron chi connectivity index (χ1n) is 10.9. The lowest BCUT2D eigenvalue weighted by atomic mass is 9.96. The minimum absolute atomic E-state index is 0.0692. The van der Waals surface area contributed by atoms with Crippen molar-refractivity contribution in [2.75, 3.05) is 6.54 Å². The zero-order valence-electron chi connectivity index (χ0n) is 17.5. The molecule has 0 N–H and O–H groups in total. The van der Waals surface area contributed by atoms with Crippen molar-refractivity contribution in [1.29, 1.82) is 0 Å². The zero-order valence-corrected chi connectivity index (χ0v) is 17.5. The van der Waals surface area contributed by atoms with Gasteiger partial charge in [0.1, 0.15) is 18.4 Å². The van der Waals surface area contributed by atoms with Crippen LogP contribution in [0.4, 0.5) is 4.39 Å². The Labute approximate surface area is 177 Å². The molecule has 1 saturated heterocycles. The number of hydrogen-bond acceptors (Lipinski definition) is 2. The molecular formula is C25H29FN2O2. The smallest absolute Gasteiger partial charge is 0.250 e. The highest BCUT2D eigenvalue weighted by Gasteiger charge is 2.43. The van der Waals surface area contributed by atoms with Crippen LogP contribution in [-0.4, -0.2) is 34.2 Å². The number of aryl methyl sites for hydroxylation is 1. The minimum Gasteiger partial charge on any atom is -0.328 e. The predicted molar refractivity (Wildman–Crippen MR) is 114 cm³/mol. The van der Waals surface area contributed by atoms with E-state index < -0.39 is 11.9 Å². The van der Waals surface area contributed by atoms with Crippen LogP contribution in [0.3, 0.4) is 0 Å². The number of carbonyl (C=O) groups is 2. The number of carbonyl (C=O) groups excluding carboxylic acids is 2. The first kappa shape index (κ1) is 20.6. The molecular weight excluding hydrogens is 379 g/mol. The van der Waals surface area contributed by atoms with E-state index in [4.69, 9.17) is 0 Å². The summed E-state index contributed by atoms with van der Waals surface area (Å²) in [6.45, 7) is 2.38. The highest BCUT2D eigenvalue weighted by molar-refractivity contribution is 5.95. The summed E-state index contributed by atoms with van der Waals surface area (Å²) in [4.78, 5) is 30.2. The number of hydrogen-bond donors (Lipinski definition) is 0. The van der Waals surface area contributed by atoms with Crippen molar-refractivity contribution in [2.45, 2.75) is 64.1 Å². The molecule has 2 amide bonds. The van der Waals surface area contributed by atoms with Crippen LogP contribution in [0.1, 0.15) is 61.3 Å². The second kappa shape index (κ2) is 8.99. The van der Waals surface area contributed by atoms with Crippen molar-refractivity contribution >= 4 is 11.8 Å². The summed E-state index contributed by atoms with van der Waals surface area (Å²) in [5.74, 6) is -0.716. The van der Waals surface area contributed by atoms with Gasteiger partial charge < -0.3 is 9.80 Å². The molecule has 0 spiro atoms. The molecule has 1 aliphatic carbocycles. The van der Waals surface area contributed by atoms with E-state index >= 15 is 0 Å². The second-order valence-corrected chi connectivity index (χ2v) is 8.54. The van der Waals surface area contributed by atoms with E-state index in [1.54, 1.807) is 28.0 Å². The third-order valence-electron chi connectivity index (χ3n) is 6.39. The fourth-order valence-corrected chi connectivity index (χ4v) is 4.69. The molecule has 2 aliphatic rings. The molecule has 5 heteroatoms. The maximum Gasteiger partial charge on any atom is 0.250 e. The first-order chi connectivity index (χ1) is 14.5. The molecule has 2 fully saturated rings.